The van der Waals surface area contributed by atoms with Crippen molar-refractivity contribution in [2.75, 3.05) is 0 Å². The number of carboxylic acids is 1. The van der Waals surface area contributed by atoms with Crippen LogP contribution >= 0.6 is 11.3 Å². The monoisotopic (exact) mass is 372 g/mol. The molecular formula is C20H24N2O3S. The van der Waals surface area contributed by atoms with Gasteiger partial charge in [0.05, 0.1) is 17.1 Å². The molecule has 5 nitrogen and oxygen atoms in total. The van der Waals surface area contributed by atoms with E-state index in [1.807, 2.05) is 24.4 Å². The first kappa shape index (κ1) is 18.6. The SMILES string of the molecule is CCc1nc(CC(=O)NC(CC2CCCc3ccccc32)C(=O)O)cs1. The Hall–Kier alpha value is -2.21. The summed E-state index contributed by atoms with van der Waals surface area (Å²) in [6, 6.07) is 7.35. The van der Waals surface area contributed by atoms with Gasteiger partial charge in [0.2, 0.25) is 5.91 Å². The minimum absolute atomic E-state index is 0.127. The molecule has 1 aliphatic carbocycles. The van der Waals surface area contributed by atoms with E-state index in [4.69, 9.17) is 0 Å². The van der Waals surface area contributed by atoms with E-state index in [1.165, 1.54) is 22.5 Å². The van der Waals surface area contributed by atoms with Crippen LogP contribution in [0.3, 0.4) is 0 Å². The number of rotatable bonds is 7. The number of fused-ring (bicyclic) bond motifs is 1. The lowest BCUT2D eigenvalue weighted by Crippen LogP contribution is -2.42. The van der Waals surface area contributed by atoms with E-state index < -0.39 is 12.0 Å². The lowest BCUT2D eigenvalue weighted by molar-refractivity contribution is -0.142. The van der Waals surface area contributed by atoms with Crippen molar-refractivity contribution in [2.24, 2.45) is 0 Å². The number of nitrogens with zero attached hydrogens (tertiary/aromatic N) is 1. The van der Waals surface area contributed by atoms with Crippen molar-refractivity contribution in [1.82, 2.24) is 10.3 Å². The summed E-state index contributed by atoms with van der Waals surface area (Å²) in [5, 5.41) is 15.1. The summed E-state index contributed by atoms with van der Waals surface area (Å²) in [6.45, 7) is 2.02. The zero-order chi connectivity index (χ0) is 18.5. The molecule has 1 aliphatic rings. The van der Waals surface area contributed by atoms with Gasteiger partial charge in [-0.05, 0) is 49.1 Å². The minimum atomic E-state index is -0.978. The number of hydrogen-bond donors (Lipinski definition) is 2. The molecule has 26 heavy (non-hydrogen) atoms. The van der Waals surface area contributed by atoms with Crippen molar-refractivity contribution in [3.8, 4) is 0 Å². The van der Waals surface area contributed by atoms with Crippen LogP contribution in [0.15, 0.2) is 29.6 Å². The molecule has 1 aromatic heterocycles. The van der Waals surface area contributed by atoms with Crippen LogP contribution in [-0.4, -0.2) is 28.0 Å². The summed E-state index contributed by atoms with van der Waals surface area (Å²) in [5.41, 5.74) is 3.23. The van der Waals surface area contributed by atoms with Crippen molar-refractivity contribution >= 4 is 23.2 Å². The van der Waals surface area contributed by atoms with Crippen LogP contribution < -0.4 is 5.32 Å². The molecule has 0 aliphatic heterocycles. The number of carbonyl (C=O) groups excluding carboxylic acids is 1. The minimum Gasteiger partial charge on any atom is -0.480 e. The van der Waals surface area contributed by atoms with Crippen LogP contribution in [0.2, 0.25) is 0 Å². The highest BCUT2D eigenvalue weighted by Gasteiger charge is 2.28. The second-order valence-corrected chi connectivity index (χ2v) is 7.69. The summed E-state index contributed by atoms with van der Waals surface area (Å²) in [6.07, 6.45) is 4.45. The van der Waals surface area contributed by atoms with E-state index in [0.29, 0.717) is 12.1 Å². The molecule has 1 heterocycles. The highest BCUT2D eigenvalue weighted by Crippen LogP contribution is 2.34. The van der Waals surface area contributed by atoms with E-state index in [1.54, 1.807) is 0 Å². The van der Waals surface area contributed by atoms with E-state index in [2.05, 4.69) is 22.4 Å². The molecule has 0 bridgehead atoms. The van der Waals surface area contributed by atoms with Crippen LogP contribution in [0.1, 0.15) is 53.9 Å². The number of amides is 1. The Morgan fingerprint density at radius 3 is 2.92 bits per heavy atom. The van der Waals surface area contributed by atoms with Crippen molar-refractivity contribution in [1.29, 1.82) is 0 Å². The van der Waals surface area contributed by atoms with Crippen LogP contribution in [0.5, 0.6) is 0 Å². The molecule has 138 valence electrons. The normalized spacial score (nSPS) is 17.3. The lowest BCUT2D eigenvalue weighted by Gasteiger charge is -2.28. The van der Waals surface area contributed by atoms with Crippen molar-refractivity contribution in [3.63, 3.8) is 0 Å². The second-order valence-electron chi connectivity index (χ2n) is 6.74. The fourth-order valence-electron chi connectivity index (χ4n) is 3.61. The predicted molar refractivity (Wildman–Crippen MR) is 102 cm³/mol. The summed E-state index contributed by atoms with van der Waals surface area (Å²) in [7, 11) is 0. The zero-order valence-electron chi connectivity index (χ0n) is 14.9. The third-order valence-electron chi connectivity index (χ3n) is 4.89. The Morgan fingerprint density at radius 2 is 2.19 bits per heavy atom. The average molecular weight is 372 g/mol. The molecule has 0 radical (unpaired) electrons. The van der Waals surface area contributed by atoms with Gasteiger partial charge in [-0.15, -0.1) is 11.3 Å². The van der Waals surface area contributed by atoms with Gasteiger partial charge in [0, 0.05) is 5.38 Å². The van der Waals surface area contributed by atoms with Gasteiger partial charge < -0.3 is 10.4 Å². The summed E-state index contributed by atoms with van der Waals surface area (Å²) >= 11 is 1.53. The quantitative estimate of drug-likeness (QED) is 0.781. The topological polar surface area (TPSA) is 79.3 Å². The third-order valence-corrected chi connectivity index (χ3v) is 5.93. The van der Waals surface area contributed by atoms with Gasteiger partial charge in [-0.25, -0.2) is 9.78 Å². The number of carboxylic acid groups (broad SMARTS) is 1. The zero-order valence-corrected chi connectivity index (χ0v) is 15.7. The van der Waals surface area contributed by atoms with Gasteiger partial charge in [0.15, 0.2) is 0 Å². The van der Waals surface area contributed by atoms with Gasteiger partial charge in [0.1, 0.15) is 6.04 Å². The standard InChI is InChI=1S/C20H24N2O3S/c1-2-19-21-15(12-26-19)11-18(23)22-17(20(24)25)10-14-8-5-7-13-6-3-4-9-16(13)14/h3-4,6,9,12,14,17H,2,5,7-8,10-11H2,1H3,(H,22,23)(H,24,25). The summed E-state index contributed by atoms with van der Waals surface area (Å²) in [4.78, 5) is 28.4. The molecule has 2 atom stereocenters. The van der Waals surface area contributed by atoms with Gasteiger partial charge in [0.25, 0.3) is 0 Å². The van der Waals surface area contributed by atoms with Gasteiger partial charge in [-0.3, -0.25) is 4.79 Å². The molecule has 2 unspecified atom stereocenters. The predicted octanol–water partition coefficient (Wildman–Crippen LogP) is 3.33. The molecule has 0 spiro atoms. The van der Waals surface area contributed by atoms with Gasteiger partial charge in [-0.2, -0.15) is 0 Å². The number of thiazole rings is 1. The third kappa shape index (κ3) is 4.49. The van der Waals surface area contributed by atoms with Crippen LogP contribution in [-0.2, 0) is 28.9 Å². The Morgan fingerprint density at radius 1 is 1.38 bits per heavy atom. The van der Waals surface area contributed by atoms with E-state index >= 15 is 0 Å². The fourth-order valence-corrected chi connectivity index (χ4v) is 4.35. The van der Waals surface area contributed by atoms with Crippen LogP contribution in [0, 0.1) is 0 Å². The molecule has 0 saturated carbocycles. The highest BCUT2D eigenvalue weighted by atomic mass is 32.1. The average Bonchev–Trinajstić information content (AvgIpc) is 3.08. The maximum absolute atomic E-state index is 12.3. The van der Waals surface area contributed by atoms with Crippen LogP contribution in [0.4, 0.5) is 0 Å². The number of aromatic nitrogens is 1. The molecule has 2 N–H and O–H groups in total. The number of hydrogen-bond acceptors (Lipinski definition) is 4. The molecule has 2 aromatic rings. The fraction of sp³-hybridized carbons (Fsp3) is 0.450. The first-order chi connectivity index (χ1) is 12.6. The summed E-state index contributed by atoms with van der Waals surface area (Å²) in [5.74, 6) is -1.09. The molecule has 3 rings (SSSR count). The number of aliphatic carboxylic acids is 1. The lowest BCUT2D eigenvalue weighted by atomic mass is 9.79. The van der Waals surface area contributed by atoms with Crippen LogP contribution in [0.25, 0.3) is 0 Å². The maximum atomic E-state index is 12.3. The molecule has 6 heteroatoms. The number of carbonyl (C=O) groups is 2. The molecular weight excluding hydrogens is 348 g/mol. The van der Waals surface area contributed by atoms with Crippen molar-refractivity contribution in [3.05, 3.63) is 51.5 Å². The molecule has 1 aromatic carbocycles. The first-order valence-corrected chi connectivity index (χ1v) is 9.98. The Balaban J connectivity index is 1.64. The Kier molecular flexibility index (Phi) is 6.04. The molecule has 1 amide bonds. The molecule has 0 saturated heterocycles. The van der Waals surface area contributed by atoms with Crippen molar-refractivity contribution < 1.29 is 14.7 Å². The van der Waals surface area contributed by atoms with E-state index in [9.17, 15) is 14.7 Å². The van der Waals surface area contributed by atoms with Gasteiger partial charge in [-0.1, -0.05) is 31.2 Å². The first-order valence-electron chi connectivity index (χ1n) is 9.10. The van der Waals surface area contributed by atoms with Gasteiger partial charge >= 0.3 is 5.97 Å². The Bertz CT molecular complexity index is 787. The Labute approximate surface area is 157 Å². The number of benzene rings is 1. The number of aryl methyl sites for hydroxylation is 2. The van der Waals surface area contributed by atoms with E-state index in [0.717, 1.165) is 30.7 Å². The smallest absolute Gasteiger partial charge is 0.326 e. The maximum Gasteiger partial charge on any atom is 0.326 e. The summed E-state index contributed by atoms with van der Waals surface area (Å²) < 4.78 is 0. The second kappa shape index (κ2) is 8.45. The van der Waals surface area contributed by atoms with Crippen molar-refractivity contribution in [2.45, 2.75) is 57.4 Å². The molecule has 0 fully saturated rings. The number of nitrogens with one attached hydrogen (secondary N) is 1. The highest BCUT2D eigenvalue weighted by molar-refractivity contribution is 7.09. The largest absolute Gasteiger partial charge is 0.480 e. The van der Waals surface area contributed by atoms with E-state index in [-0.39, 0.29) is 18.2 Å².